The van der Waals surface area contributed by atoms with Crippen LogP contribution in [0.1, 0.15) is 21.5 Å². The maximum Gasteiger partial charge on any atom is 0.269 e. The average Bonchev–Trinajstić information content (AvgIpc) is 2.41. The number of nitro benzene ring substituents is 1. The third-order valence-electron chi connectivity index (χ3n) is 3.07. The Morgan fingerprint density at radius 2 is 1.90 bits per heavy atom. The Morgan fingerprint density at radius 3 is 2.48 bits per heavy atom. The molecule has 2 aromatic rings. The van der Waals surface area contributed by atoms with Crippen molar-refractivity contribution in [3.8, 4) is 5.75 Å². The molecule has 2 rings (SSSR count). The van der Waals surface area contributed by atoms with Gasteiger partial charge in [0.05, 0.1) is 10.6 Å². The van der Waals surface area contributed by atoms with E-state index in [1.807, 2.05) is 6.92 Å². The van der Waals surface area contributed by atoms with Crippen LogP contribution in [0.3, 0.4) is 0 Å². The Balaban J connectivity index is 2.26. The number of nitro groups is 1. The fourth-order valence-corrected chi connectivity index (χ4v) is 1.95. The molecule has 0 heterocycles. The van der Waals surface area contributed by atoms with Crippen molar-refractivity contribution < 1.29 is 14.8 Å². The Bertz CT molecular complexity index is 726. The van der Waals surface area contributed by atoms with Crippen molar-refractivity contribution in [1.29, 1.82) is 0 Å². The van der Waals surface area contributed by atoms with Crippen molar-refractivity contribution in [2.24, 2.45) is 0 Å². The maximum atomic E-state index is 12.2. The summed E-state index contributed by atoms with van der Waals surface area (Å²) in [7, 11) is 0. The third kappa shape index (κ3) is 3.17. The second-order valence-electron chi connectivity index (χ2n) is 4.73. The van der Waals surface area contributed by atoms with Gasteiger partial charge in [0, 0.05) is 17.7 Å². The summed E-state index contributed by atoms with van der Waals surface area (Å²) in [6.07, 6.45) is 0. The van der Waals surface area contributed by atoms with Gasteiger partial charge in [-0.25, -0.2) is 0 Å². The van der Waals surface area contributed by atoms with Crippen LogP contribution in [0.25, 0.3) is 0 Å². The number of carbonyl (C=O) groups is 1. The van der Waals surface area contributed by atoms with E-state index in [0.29, 0.717) is 16.8 Å². The molecule has 0 saturated heterocycles. The molecule has 0 atom stereocenters. The molecule has 0 aliphatic heterocycles. The first-order valence-corrected chi connectivity index (χ1v) is 6.24. The molecule has 0 unspecified atom stereocenters. The number of non-ortho nitro benzene ring substituents is 1. The Morgan fingerprint density at radius 1 is 1.19 bits per heavy atom. The molecular formula is C15H14N2O4. The summed E-state index contributed by atoms with van der Waals surface area (Å²) in [6.45, 7) is 3.45. The highest BCUT2D eigenvalue weighted by Crippen LogP contribution is 2.25. The number of aryl methyl sites for hydroxylation is 2. The second-order valence-corrected chi connectivity index (χ2v) is 4.73. The molecule has 0 radical (unpaired) electrons. The SMILES string of the molecule is Cc1ccc(NC(=O)c2ccc([N+](=O)[O-])cc2C)c(O)c1. The van der Waals surface area contributed by atoms with E-state index < -0.39 is 10.8 Å². The van der Waals surface area contributed by atoms with Crippen molar-refractivity contribution >= 4 is 17.3 Å². The minimum absolute atomic E-state index is 0.0251. The molecule has 21 heavy (non-hydrogen) atoms. The summed E-state index contributed by atoms with van der Waals surface area (Å²) in [5, 5.41) is 23.0. The summed E-state index contributed by atoms with van der Waals surface area (Å²) in [6, 6.07) is 8.91. The first-order valence-electron chi connectivity index (χ1n) is 6.24. The standard InChI is InChI=1S/C15H14N2O4/c1-9-3-6-13(14(18)7-9)16-15(19)12-5-4-11(17(20)21)8-10(12)2/h3-8,18H,1-2H3,(H,16,19). The minimum Gasteiger partial charge on any atom is -0.506 e. The molecule has 0 aliphatic rings. The summed E-state index contributed by atoms with van der Waals surface area (Å²) in [4.78, 5) is 22.3. The van der Waals surface area contributed by atoms with Crippen LogP contribution in [0, 0.1) is 24.0 Å². The van der Waals surface area contributed by atoms with Gasteiger partial charge in [-0.1, -0.05) is 6.07 Å². The van der Waals surface area contributed by atoms with Crippen LogP contribution in [0.4, 0.5) is 11.4 Å². The lowest BCUT2D eigenvalue weighted by molar-refractivity contribution is -0.384. The van der Waals surface area contributed by atoms with Gasteiger partial charge in [0.1, 0.15) is 5.75 Å². The number of anilines is 1. The highest BCUT2D eigenvalue weighted by molar-refractivity contribution is 6.06. The normalized spacial score (nSPS) is 10.2. The van der Waals surface area contributed by atoms with Crippen LogP contribution in [0.15, 0.2) is 36.4 Å². The first-order chi connectivity index (χ1) is 9.88. The quantitative estimate of drug-likeness (QED) is 0.515. The fraction of sp³-hybridized carbons (Fsp3) is 0.133. The number of nitrogens with one attached hydrogen (secondary N) is 1. The number of rotatable bonds is 3. The van der Waals surface area contributed by atoms with Gasteiger partial charge in [-0.15, -0.1) is 0 Å². The van der Waals surface area contributed by atoms with Gasteiger partial charge in [0.25, 0.3) is 11.6 Å². The average molecular weight is 286 g/mol. The smallest absolute Gasteiger partial charge is 0.269 e. The lowest BCUT2D eigenvalue weighted by Gasteiger charge is -2.09. The molecule has 0 bridgehead atoms. The molecular weight excluding hydrogens is 272 g/mol. The lowest BCUT2D eigenvalue weighted by atomic mass is 10.1. The monoisotopic (exact) mass is 286 g/mol. The molecule has 2 aromatic carbocycles. The van der Waals surface area contributed by atoms with E-state index in [1.54, 1.807) is 19.1 Å². The van der Waals surface area contributed by atoms with E-state index in [4.69, 9.17) is 0 Å². The number of hydrogen-bond donors (Lipinski definition) is 2. The zero-order valence-electron chi connectivity index (χ0n) is 11.6. The number of hydrogen-bond acceptors (Lipinski definition) is 4. The number of phenolic OH excluding ortho intramolecular Hbond substituents is 1. The van der Waals surface area contributed by atoms with Gasteiger partial charge in [0.15, 0.2) is 0 Å². The number of benzene rings is 2. The number of nitrogens with zero attached hydrogens (tertiary/aromatic N) is 1. The topological polar surface area (TPSA) is 92.5 Å². The lowest BCUT2D eigenvalue weighted by Crippen LogP contribution is -2.13. The Hall–Kier alpha value is -2.89. The number of phenols is 1. The van der Waals surface area contributed by atoms with Gasteiger partial charge in [-0.2, -0.15) is 0 Å². The number of carbonyl (C=O) groups excluding carboxylic acids is 1. The van der Waals surface area contributed by atoms with E-state index in [1.165, 1.54) is 24.3 Å². The predicted molar refractivity (Wildman–Crippen MR) is 78.6 cm³/mol. The molecule has 108 valence electrons. The predicted octanol–water partition coefficient (Wildman–Crippen LogP) is 3.17. The summed E-state index contributed by atoms with van der Waals surface area (Å²) >= 11 is 0. The molecule has 0 aromatic heterocycles. The molecule has 6 heteroatoms. The van der Waals surface area contributed by atoms with Crippen molar-refractivity contribution in [3.63, 3.8) is 0 Å². The van der Waals surface area contributed by atoms with Gasteiger partial charge >= 0.3 is 0 Å². The fourth-order valence-electron chi connectivity index (χ4n) is 1.95. The molecule has 1 amide bonds. The van der Waals surface area contributed by atoms with Gasteiger partial charge in [-0.3, -0.25) is 14.9 Å². The number of aromatic hydroxyl groups is 1. The number of amides is 1. The van der Waals surface area contributed by atoms with Crippen molar-refractivity contribution in [3.05, 3.63) is 63.2 Å². The van der Waals surface area contributed by atoms with E-state index in [9.17, 15) is 20.0 Å². The maximum absolute atomic E-state index is 12.2. The first kappa shape index (κ1) is 14.5. The van der Waals surface area contributed by atoms with Gasteiger partial charge in [-0.05, 0) is 43.2 Å². The van der Waals surface area contributed by atoms with Crippen LogP contribution in [0.5, 0.6) is 5.75 Å². The van der Waals surface area contributed by atoms with Gasteiger partial charge < -0.3 is 10.4 Å². The van der Waals surface area contributed by atoms with Crippen molar-refractivity contribution in [2.75, 3.05) is 5.32 Å². The highest BCUT2D eigenvalue weighted by atomic mass is 16.6. The molecule has 0 saturated carbocycles. The van der Waals surface area contributed by atoms with E-state index in [-0.39, 0.29) is 11.4 Å². The summed E-state index contributed by atoms with van der Waals surface area (Å²) in [5.74, 6) is -0.454. The van der Waals surface area contributed by atoms with Crippen LogP contribution in [-0.4, -0.2) is 15.9 Å². The van der Waals surface area contributed by atoms with E-state index in [2.05, 4.69) is 5.32 Å². The molecule has 6 nitrogen and oxygen atoms in total. The highest BCUT2D eigenvalue weighted by Gasteiger charge is 2.14. The van der Waals surface area contributed by atoms with Crippen LogP contribution in [-0.2, 0) is 0 Å². The van der Waals surface area contributed by atoms with Crippen LogP contribution in [0.2, 0.25) is 0 Å². The molecule has 0 aliphatic carbocycles. The zero-order chi connectivity index (χ0) is 15.6. The van der Waals surface area contributed by atoms with E-state index in [0.717, 1.165) is 5.56 Å². The van der Waals surface area contributed by atoms with Crippen molar-refractivity contribution in [1.82, 2.24) is 0 Å². The van der Waals surface area contributed by atoms with Crippen LogP contribution < -0.4 is 5.32 Å². The van der Waals surface area contributed by atoms with Gasteiger partial charge in [0.2, 0.25) is 0 Å². The van der Waals surface area contributed by atoms with Crippen molar-refractivity contribution in [2.45, 2.75) is 13.8 Å². The largest absolute Gasteiger partial charge is 0.506 e. The molecule has 2 N–H and O–H groups in total. The zero-order valence-corrected chi connectivity index (χ0v) is 11.6. The third-order valence-corrected chi connectivity index (χ3v) is 3.07. The Kier molecular flexibility index (Phi) is 3.89. The Labute approximate surface area is 121 Å². The van der Waals surface area contributed by atoms with Crippen LogP contribution >= 0.6 is 0 Å². The minimum atomic E-state index is -0.513. The molecule has 0 spiro atoms. The molecule has 0 fully saturated rings. The second kappa shape index (κ2) is 5.62. The summed E-state index contributed by atoms with van der Waals surface area (Å²) in [5.41, 5.74) is 1.91. The van der Waals surface area contributed by atoms with E-state index >= 15 is 0 Å². The summed E-state index contributed by atoms with van der Waals surface area (Å²) < 4.78 is 0.